The minimum Gasteiger partial charge on any atom is -0.371 e. The minimum absolute atomic E-state index is 0.00662. The summed E-state index contributed by atoms with van der Waals surface area (Å²) in [5.41, 5.74) is 1.57. The van der Waals surface area contributed by atoms with Gasteiger partial charge in [-0.1, -0.05) is 30.3 Å². The van der Waals surface area contributed by atoms with Crippen LogP contribution in [0.25, 0.3) is 0 Å². The van der Waals surface area contributed by atoms with E-state index in [-0.39, 0.29) is 24.0 Å². The largest absolute Gasteiger partial charge is 0.380 e. The van der Waals surface area contributed by atoms with E-state index in [1.165, 1.54) is 41.3 Å². The highest BCUT2D eigenvalue weighted by molar-refractivity contribution is 7.85. The number of nitrogens with zero attached hydrogens (tertiary/aromatic N) is 1. The molecule has 0 heterocycles. The fourth-order valence-corrected chi connectivity index (χ4v) is 3.56. The minimum atomic E-state index is -4.18. The van der Waals surface area contributed by atoms with Crippen molar-refractivity contribution in [1.82, 2.24) is 0 Å². The van der Waals surface area contributed by atoms with E-state index in [0.29, 0.717) is 16.8 Å². The summed E-state index contributed by atoms with van der Waals surface area (Å²) in [5.74, 6) is -0.287. The number of carbonyl (C=O) groups excluding carboxylic acids is 1. The second-order valence-corrected chi connectivity index (χ2v) is 8.85. The Bertz CT molecular complexity index is 1290. The SMILES string of the molecule is NS(=O)(=O)Oc1ccc(CN(C(=O)c2ccccc2)c2ccc(OS(N)(=O)=O)cc2)cc1. The Hall–Kier alpha value is -3.45. The lowest BCUT2D eigenvalue weighted by Crippen LogP contribution is -2.30. The van der Waals surface area contributed by atoms with Crippen LogP contribution in [0, 0.1) is 0 Å². The topological polar surface area (TPSA) is 159 Å². The van der Waals surface area contributed by atoms with Gasteiger partial charge in [-0.05, 0) is 54.1 Å². The zero-order chi connectivity index (χ0) is 23.4. The summed E-state index contributed by atoms with van der Waals surface area (Å²) in [4.78, 5) is 14.6. The van der Waals surface area contributed by atoms with E-state index in [4.69, 9.17) is 10.3 Å². The standard InChI is InChI=1S/C20H19N3O7S2/c21-31(25,26)29-18-10-6-15(7-11-18)14-23(20(24)16-4-2-1-3-5-16)17-8-12-19(13-9-17)30-32(22,27)28/h1-13H,14H2,(H2,21,25,26)(H2,22,27,28). The summed E-state index contributed by atoms with van der Waals surface area (Å²) in [6.45, 7) is 0.124. The van der Waals surface area contributed by atoms with Gasteiger partial charge in [0, 0.05) is 11.3 Å². The van der Waals surface area contributed by atoms with Crippen LogP contribution < -0.4 is 23.5 Å². The molecular formula is C20H19N3O7S2. The smallest absolute Gasteiger partial charge is 0.371 e. The van der Waals surface area contributed by atoms with Crippen LogP contribution in [-0.2, 0) is 27.2 Å². The van der Waals surface area contributed by atoms with Crippen LogP contribution in [0.2, 0.25) is 0 Å². The number of benzene rings is 3. The van der Waals surface area contributed by atoms with E-state index in [1.807, 2.05) is 0 Å². The molecule has 3 rings (SSSR count). The molecule has 0 fully saturated rings. The summed E-state index contributed by atoms with van der Waals surface area (Å²) in [5, 5.41) is 9.73. The van der Waals surface area contributed by atoms with Crippen LogP contribution in [0.5, 0.6) is 11.5 Å². The molecule has 0 aliphatic rings. The van der Waals surface area contributed by atoms with Gasteiger partial charge in [-0.2, -0.15) is 27.1 Å². The van der Waals surface area contributed by atoms with Crippen LogP contribution >= 0.6 is 0 Å². The van der Waals surface area contributed by atoms with Crippen LogP contribution in [0.3, 0.4) is 0 Å². The van der Waals surface area contributed by atoms with Gasteiger partial charge in [0.05, 0.1) is 6.54 Å². The van der Waals surface area contributed by atoms with Crippen molar-refractivity contribution in [1.29, 1.82) is 0 Å². The molecule has 0 radical (unpaired) electrons. The van der Waals surface area contributed by atoms with Crippen molar-refractivity contribution >= 4 is 32.2 Å². The first-order valence-corrected chi connectivity index (χ1v) is 11.9. The summed E-state index contributed by atoms with van der Waals surface area (Å²) < 4.78 is 53.6. The van der Waals surface area contributed by atoms with Gasteiger partial charge < -0.3 is 13.3 Å². The van der Waals surface area contributed by atoms with Gasteiger partial charge in [0.15, 0.2) is 0 Å². The molecule has 32 heavy (non-hydrogen) atoms. The first kappa shape index (κ1) is 23.2. The fourth-order valence-electron chi connectivity index (χ4n) is 2.80. The Morgan fingerprint density at radius 1 is 0.719 bits per heavy atom. The van der Waals surface area contributed by atoms with Crippen molar-refractivity contribution in [2.45, 2.75) is 6.54 Å². The molecule has 0 saturated heterocycles. The molecule has 168 valence electrons. The maximum Gasteiger partial charge on any atom is 0.380 e. The van der Waals surface area contributed by atoms with Gasteiger partial charge in [0.1, 0.15) is 11.5 Å². The van der Waals surface area contributed by atoms with E-state index in [0.717, 1.165) is 0 Å². The molecule has 12 heteroatoms. The number of anilines is 1. The zero-order valence-electron chi connectivity index (χ0n) is 16.5. The lowest BCUT2D eigenvalue weighted by Gasteiger charge is -2.23. The first-order valence-electron chi connectivity index (χ1n) is 9.00. The Labute approximate surface area is 185 Å². The summed E-state index contributed by atoms with van der Waals surface area (Å²) in [6.07, 6.45) is 0. The number of nitrogens with two attached hydrogens (primary N) is 2. The van der Waals surface area contributed by atoms with E-state index < -0.39 is 20.6 Å². The van der Waals surface area contributed by atoms with E-state index >= 15 is 0 Å². The van der Waals surface area contributed by atoms with Crippen LogP contribution in [0.1, 0.15) is 15.9 Å². The third kappa shape index (κ3) is 6.78. The van der Waals surface area contributed by atoms with Crippen molar-refractivity contribution in [2.24, 2.45) is 10.3 Å². The molecule has 3 aromatic carbocycles. The molecule has 4 N–H and O–H groups in total. The first-order chi connectivity index (χ1) is 15.0. The van der Waals surface area contributed by atoms with Crippen molar-refractivity contribution in [2.75, 3.05) is 4.90 Å². The second kappa shape index (κ2) is 9.36. The molecule has 0 bridgehead atoms. The van der Waals surface area contributed by atoms with E-state index in [9.17, 15) is 21.6 Å². The maximum absolute atomic E-state index is 13.2. The van der Waals surface area contributed by atoms with Crippen molar-refractivity contribution in [3.05, 3.63) is 90.0 Å². The van der Waals surface area contributed by atoms with Crippen LogP contribution in [0.4, 0.5) is 5.69 Å². The van der Waals surface area contributed by atoms with Gasteiger partial charge in [-0.15, -0.1) is 0 Å². The molecule has 0 aliphatic heterocycles. The van der Waals surface area contributed by atoms with Crippen molar-refractivity contribution < 1.29 is 30.0 Å². The molecule has 0 spiro atoms. The van der Waals surface area contributed by atoms with Gasteiger partial charge >= 0.3 is 20.6 Å². The molecule has 0 unspecified atom stereocenters. The third-order valence-electron chi connectivity index (χ3n) is 4.10. The molecule has 0 aromatic heterocycles. The van der Waals surface area contributed by atoms with Crippen LogP contribution in [-0.4, -0.2) is 22.7 Å². The normalized spacial score (nSPS) is 11.6. The lowest BCUT2D eigenvalue weighted by molar-refractivity contribution is 0.0985. The van der Waals surface area contributed by atoms with Gasteiger partial charge in [-0.3, -0.25) is 4.79 Å². The molecule has 0 atom stereocenters. The Kier molecular flexibility index (Phi) is 6.79. The molecule has 0 saturated carbocycles. The lowest BCUT2D eigenvalue weighted by atomic mass is 10.1. The van der Waals surface area contributed by atoms with Crippen molar-refractivity contribution in [3.8, 4) is 11.5 Å². The van der Waals surface area contributed by atoms with Gasteiger partial charge in [0.25, 0.3) is 5.91 Å². The van der Waals surface area contributed by atoms with Gasteiger partial charge in [-0.25, -0.2) is 0 Å². The third-order valence-corrected chi connectivity index (χ3v) is 4.95. The van der Waals surface area contributed by atoms with E-state index in [2.05, 4.69) is 8.37 Å². The van der Waals surface area contributed by atoms with Crippen molar-refractivity contribution in [3.63, 3.8) is 0 Å². The average Bonchev–Trinajstić information content (AvgIpc) is 2.72. The maximum atomic E-state index is 13.2. The Morgan fingerprint density at radius 2 is 1.19 bits per heavy atom. The molecular weight excluding hydrogens is 458 g/mol. The average molecular weight is 478 g/mol. The quantitative estimate of drug-likeness (QED) is 0.499. The molecule has 1 amide bonds. The van der Waals surface area contributed by atoms with E-state index in [1.54, 1.807) is 42.5 Å². The number of rotatable bonds is 8. The predicted octanol–water partition coefficient (Wildman–Crippen LogP) is 1.70. The Morgan fingerprint density at radius 3 is 1.66 bits per heavy atom. The highest BCUT2D eigenvalue weighted by atomic mass is 32.2. The van der Waals surface area contributed by atoms with Gasteiger partial charge in [0.2, 0.25) is 0 Å². The Balaban J connectivity index is 1.90. The number of hydrogen-bond donors (Lipinski definition) is 2. The number of hydrogen-bond acceptors (Lipinski definition) is 7. The zero-order valence-corrected chi connectivity index (χ0v) is 18.1. The number of amides is 1. The highest BCUT2D eigenvalue weighted by Gasteiger charge is 2.19. The summed E-state index contributed by atoms with van der Waals surface area (Å²) in [6, 6.07) is 20.3. The summed E-state index contributed by atoms with van der Waals surface area (Å²) >= 11 is 0. The molecule has 10 nitrogen and oxygen atoms in total. The van der Waals surface area contributed by atoms with Crippen LogP contribution in [0.15, 0.2) is 78.9 Å². The summed E-state index contributed by atoms with van der Waals surface area (Å²) in [7, 11) is -8.33. The molecule has 3 aromatic rings. The molecule has 0 aliphatic carbocycles. The fraction of sp³-hybridized carbons (Fsp3) is 0.0500. The highest BCUT2D eigenvalue weighted by Crippen LogP contribution is 2.25. The predicted molar refractivity (Wildman–Crippen MR) is 117 cm³/mol. The number of carbonyl (C=O) groups is 1. The second-order valence-electron chi connectivity index (χ2n) is 6.55. The monoisotopic (exact) mass is 477 g/mol.